The molecule has 5 nitrogen and oxygen atoms in total. The van der Waals surface area contributed by atoms with E-state index >= 15 is 0 Å². The molecular formula is C46H35N5. The lowest BCUT2D eigenvalue weighted by molar-refractivity contribution is 0.556. The van der Waals surface area contributed by atoms with Crippen LogP contribution in [-0.2, 0) is 6.54 Å². The molecule has 244 valence electrons. The normalized spacial score (nSPS) is 11.9. The minimum absolute atomic E-state index is 0.186. The Balaban J connectivity index is 1.12. The van der Waals surface area contributed by atoms with Gasteiger partial charge in [-0.15, -0.1) is 0 Å². The van der Waals surface area contributed by atoms with Gasteiger partial charge < -0.3 is 9.88 Å². The first kappa shape index (κ1) is 31.5. The van der Waals surface area contributed by atoms with E-state index in [1.165, 1.54) is 16.3 Å². The zero-order valence-corrected chi connectivity index (χ0v) is 27.9. The van der Waals surface area contributed by atoms with Gasteiger partial charge >= 0.3 is 0 Å². The highest BCUT2D eigenvalue weighted by atomic mass is 15.1. The molecule has 8 rings (SSSR count). The molecular weight excluding hydrogens is 623 g/mol. The van der Waals surface area contributed by atoms with Crippen LogP contribution in [0.2, 0.25) is 0 Å². The molecule has 0 amide bonds. The summed E-state index contributed by atoms with van der Waals surface area (Å²) < 4.78 is 2.36. The van der Waals surface area contributed by atoms with Gasteiger partial charge in [0.1, 0.15) is 6.17 Å². The molecule has 51 heavy (non-hydrogen) atoms. The molecule has 0 saturated heterocycles. The highest BCUT2D eigenvalue weighted by Crippen LogP contribution is 2.37. The van der Waals surface area contributed by atoms with Crippen molar-refractivity contribution in [3.8, 4) is 22.9 Å². The summed E-state index contributed by atoms with van der Waals surface area (Å²) in [6.45, 7) is 0.655. The predicted molar refractivity (Wildman–Crippen MR) is 211 cm³/mol. The van der Waals surface area contributed by atoms with Crippen molar-refractivity contribution in [2.45, 2.75) is 12.7 Å². The second-order valence-corrected chi connectivity index (χ2v) is 12.5. The Kier molecular flexibility index (Phi) is 8.90. The lowest BCUT2D eigenvalue weighted by Crippen LogP contribution is -2.19. The Morgan fingerprint density at radius 1 is 0.647 bits per heavy atom. The third kappa shape index (κ3) is 6.78. The van der Waals surface area contributed by atoms with Crippen molar-refractivity contribution in [2.75, 3.05) is 5.32 Å². The van der Waals surface area contributed by atoms with Crippen LogP contribution in [0.3, 0.4) is 0 Å². The van der Waals surface area contributed by atoms with Crippen molar-refractivity contribution in [3.05, 3.63) is 198 Å². The zero-order chi connectivity index (χ0) is 34.4. The van der Waals surface area contributed by atoms with Crippen LogP contribution < -0.4 is 10.6 Å². The largest absolute Gasteiger partial charge is 0.355 e. The summed E-state index contributed by atoms with van der Waals surface area (Å²) in [6, 6.07) is 62.8. The monoisotopic (exact) mass is 657 g/mol. The number of nitrogens with zero attached hydrogens (tertiary/aromatic N) is 3. The van der Waals surface area contributed by atoms with E-state index in [2.05, 4.69) is 143 Å². The van der Waals surface area contributed by atoms with Crippen LogP contribution in [-0.4, -0.2) is 10.8 Å². The number of benzene rings is 7. The van der Waals surface area contributed by atoms with Crippen LogP contribution in [0.5, 0.6) is 0 Å². The third-order valence-corrected chi connectivity index (χ3v) is 9.14. The van der Waals surface area contributed by atoms with Crippen LogP contribution in [0.1, 0.15) is 28.4 Å². The molecule has 0 spiro atoms. The topological polar surface area (TPSA) is 65.1 Å². The summed E-state index contributed by atoms with van der Waals surface area (Å²) in [5, 5.41) is 19.0. The Morgan fingerprint density at radius 2 is 1.39 bits per heavy atom. The van der Waals surface area contributed by atoms with Gasteiger partial charge in [-0.2, -0.15) is 5.26 Å². The van der Waals surface area contributed by atoms with Gasteiger partial charge in [-0.05, 0) is 76.9 Å². The number of nitriles is 1. The molecule has 7 aromatic carbocycles. The number of hydrogen-bond acceptors (Lipinski definition) is 4. The van der Waals surface area contributed by atoms with E-state index in [4.69, 9.17) is 4.99 Å². The summed E-state index contributed by atoms with van der Waals surface area (Å²) in [7, 11) is 0. The SMILES string of the molecule is N#Cc1cccc(Nc2ccccc2-c2ccc3c(c2)c2ccccc2n3-c2cccc(CNC(N=Cc3ccccc3)c3ccccc3)c2)c1. The number of aromatic nitrogens is 1. The molecule has 0 aliphatic heterocycles. The molecule has 0 fully saturated rings. The Hall–Kier alpha value is -6.74. The minimum atomic E-state index is -0.186. The van der Waals surface area contributed by atoms with Gasteiger partial charge in [0.2, 0.25) is 0 Å². The van der Waals surface area contributed by atoms with E-state index < -0.39 is 0 Å². The number of anilines is 2. The Morgan fingerprint density at radius 3 is 2.25 bits per heavy atom. The summed E-state index contributed by atoms with van der Waals surface area (Å²) in [6.07, 6.45) is 1.75. The molecule has 1 heterocycles. The van der Waals surface area contributed by atoms with Gasteiger partial charge in [0.25, 0.3) is 0 Å². The number of nitrogens with one attached hydrogen (secondary N) is 2. The summed E-state index contributed by atoms with van der Waals surface area (Å²) in [5.74, 6) is 0. The van der Waals surface area contributed by atoms with E-state index in [9.17, 15) is 5.26 Å². The number of rotatable bonds is 10. The van der Waals surface area contributed by atoms with E-state index in [1.54, 1.807) is 0 Å². The van der Waals surface area contributed by atoms with Crippen LogP contribution >= 0.6 is 0 Å². The summed E-state index contributed by atoms with van der Waals surface area (Å²) in [4.78, 5) is 4.95. The van der Waals surface area contributed by atoms with E-state index in [0.717, 1.165) is 50.3 Å². The van der Waals surface area contributed by atoms with Crippen molar-refractivity contribution in [2.24, 2.45) is 4.99 Å². The number of para-hydroxylation sites is 2. The molecule has 0 radical (unpaired) electrons. The molecule has 5 heteroatoms. The zero-order valence-electron chi connectivity index (χ0n) is 27.9. The first-order chi connectivity index (χ1) is 25.2. The quantitative estimate of drug-likeness (QED) is 0.144. The van der Waals surface area contributed by atoms with Crippen LogP contribution in [0, 0.1) is 11.3 Å². The minimum Gasteiger partial charge on any atom is -0.355 e. The first-order valence-corrected chi connectivity index (χ1v) is 17.1. The predicted octanol–water partition coefficient (Wildman–Crippen LogP) is 11.0. The fourth-order valence-corrected chi connectivity index (χ4v) is 6.70. The molecule has 1 atom stereocenters. The van der Waals surface area contributed by atoms with Crippen molar-refractivity contribution in [3.63, 3.8) is 0 Å². The average Bonchev–Trinajstić information content (AvgIpc) is 3.53. The maximum atomic E-state index is 9.41. The number of aliphatic imine (C=N–C) groups is 1. The highest BCUT2D eigenvalue weighted by Gasteiger charge is 2.15. The summed E-state index contributed by atoms with van der Waals surface area (Å²) in [5.41, 5.74) is 11.5. The maximum Gasteiger partial charge on any atom is 0.125 e. The molecule has 1 aromatic heterocycles. The standard InChI is InChI=1S/C46H35N5/c47-30-34-15-11-19-38(27-34)50-43-23-9-7-21-40(43)37-25-26-45-42(29-37)41-22-8-10-24-44(41)51(45)39-20-12-16-35(28-39)32-49-46(36-17-5-2-6-18-36)48-31-33-13-3-1-4-14-33/h1-29,31,46,49-50H,32H2. The van der Waals surface area contributed by atoms with Crippen LogP contribution in [0.4, 0.5) is 11.4 Å². The molecule has 0 aliphatic carbocycles. The molecule has 1 unspecified atom stereocenters. The van der Waals surface area contributed by atoms with E-state index in [1.807, 2.05) is 60.8 Å². The van der Waals surface area contributed by atoms with E-state index in [-0.39, 0.29) is 6.17 Å². The van der Waals surface area contributed by atoms with Crippen molar-refractivity contribution in [1.29, 1.82) is 5.26 Å². The third-order valence-electron chi connectivity index (χ3n) is 9.14. The number of fused-ring (bicyclic) bond motifs is 3. The molecule has 2 N–H and O–H groups in total. The number of hydrogen-bond donors (Lipinski definition) is 2. The first-order valence-electron chi connectivity index (χ1n) is 17.1. The van der Waals surface area contributed by atoms with Gasteiger partial charge in [-0.25, -0.2) is 0 Å². The average molecular weight is 658 g/mol. The van der Waals surface area contributed by atoms with Gasteiger partial charge in [0.05, 0.1) is 22.7 Å². The molecule has 8 aromatic rings. The Bertz CT molecular complexity index is 2530. The van der Waals surface area contributed by atoms with Gasteiger partial charge in [-0.1, -0.05) is 121 Å². The highest BCUT2D eigenvalue weighted by molar-refractivity contribution is 6.10. The second-order valence-electron chi connectivity index (χ2n) is 12.5. The maximum absolute atomic E-state index is 9.41. The molecule has 0 aliphatic rings. The fraction of sp³-hybridized carbons (Fsp3) is 0.0435. The second kappa shape index (κ2) is 14.4. The lowest BCUT2D eigenvalue weighted by atomic mass is 10.0. The smallest absolute Gasteiger partial charge is 0.125 e. The van der Waals surface area contributed by atoms with Gasteiger partial charge in [0.15, 0.2) is 0 Å². The van der Waals surface area contributed by atoms with Crippen molar-refractivity contribution >= 4 is 39.4 Å². The van der Waals surface area contributed by atoms with Crippen LogP contribution in [0.25, 0.3) is 38.6 Å². The lowest BCUT2D eigenvalue weighted by Gasteiger charge is -2.16. The van der Waals surface area contributed by atoms with E-state index in [0.29, 0.717) is 12.1 Å². The van der Waals surface area contributed by atoms with Crippen molar-refractivity contribution in [1.82, 2.24) is 9.88 Å². The van der Waals surface area contributed by atoms with Gasteiger partial charge in [0, 0.05) is 46.2 Å². The Labute approximate surface area is 297 Å². The summed E-state index contributed by atoms with van der Waals surface area (Å²) >= 11 is 0. The van der Waals surface area contributed by atoms with Crippen LogP contribution in [0.15, 0.2) is 181 Å². The fourth-order valence-electron chi connectivity index (χ4n) is 6.70. The van der Waals surface area contributed by atoms with Gasteiger partial charge in [-0.3, -0.25) is 10.3 Å². The molecule has 0 bridgehead atoms. The molecule has 0 saturated carbocycles. The van der Waals surface area contributed by atoms with Crippen molar-refractivity contribution < 1.29 is 0 Å².